The van der Waals surface area contributed by atoms with Crippen molar-refractivity contribution in [2.24, 2.45) is 0 Å². The minimum atomic E-state index is -0.515. The molecule has 0 aliphatic rings. The Balaban J connectivity index is 3.20. The summed E-state index contributed by atoms with van der Waals surface area (Å²) in [6.45, 7) is 1.83. The van der Waals surface area contributed by atoms with E-state index in [1.54, 1.807) is 19.2 Å². The molecule has 1 rings (SSSR count). The zero-order chi connectivity index (χ0) is 12.1. The standard InChI is InChI=1S/C11H13NO4/c1-8-10(15-2)5-4-9(11(8)16-3)6-7-12(13)14/h4-7H,1-3H3/b7-6+. The highest BCUT2D eigenvalue weighted by Gasteiger charge is 2.09. The van der Waals surface area contributed by atoms with Crippen LogP contribution in [0.3, 0.4) is 0 Å². The number of benzene rings is 1. The van der Waals surface area contributed by atoms with Crippen LogP contribution in [0.5, 0.6) is 11.5 Å². The lowest BCUT2D eigenvalue weighted by Gasteiger charge is -2.11. The largest absolute Gasteiger partial charge is 0.496 e. The maximum absolute atomic E-state index is 10.2. The molecule has 86 valence electrons. The summed E-state index contributed by atoms with van der Waals surface area (Å²) in [4.78, 5) is 9.72. The van der Waals surface area contributed by atoms with Crippen molar-refractivity contribution in [1.82, 2.24) is 0 Å². The summed E-state index contributed by atoms with van der Waals surface area (Å²) < 4.78 is 10.3. The maximum atomic E-state index is 10.2. The van der Waals surface area contributed by atoms with Crippen LogP contribution in [0.25, 0.3) is 6.08 Å². The van der Waals surface area contributed by atoms with Crippen molar-refractivity contribution in [3.63, 3.8) is 0 Å². The lowest BCUT2D eigenvalue weighted by Crippen LogP contribution is -1.95. The van der Waals surface area contributed by atoms with Gasteiger partial charge in [0.2, 0.25) is 6.20 Å². The Morgan fingerprint density at radius 1 is 1.31 bits per heavy atom. The third-order valence-corrected chi connectivity index (χ3v) is 2.19. The lowest BCUT2D eigenvalue weighted by molar-refractivity contribution is -0.400. The van der Waals surface area contributed by atoms with E-state index in [4.69, 9.17) is 9.47 Å². The van der Waals surface area contributed by atoms with Crippen molar-refractivity contribution in [3.8, 4) is 11.5 Å². The van der Waals surface area contributed by atoms with E-state index in [2.05, 4.69) is 0 Å². The molecule has 0 amide bonds. The van der Waals surface area contributed by atoms with Crippen LogP contribution in [0.2, 0.25) is 0 Å². The fourth-order valence-corrected chi connectivity index (χ4v) is 1.46. The van der Waals surface area contributed by atoms with Gasteiger partial charge in [-0.2, -0.15) is 0 Å². The van der Waals surface area contributed by atoms with Crippen molar-refractivity contribution >= 4 is 6.08 Å². The molecule has 5 nitrogen and oxygen atoms in total. The van der Waals surface area contributed by atoms with Crippen molar-refractivity contribution in [3.05, 3.63) is 39.6 Å². The van der Waals surface area contributed by atoms with Crippen LogP contribution in [-0.4, -0.2) is 19.1 Å². The first-order valence-electron chi connectivity index (χ1n) is 4.63. The predicted molar refractivity (Wildman–Crippen MR) is 60.3 cm³/mol. The predicted octanol–water partition coefficient (Wildman–Crippen LogP) is 2.26. The molecule has 0 aliphatic heterocycles. The highest BCUT2D eigenvalue weighted by molar-refractivity contribution is 5.62. The second-order valence-electron chi connectivity index (χ2n) is 3.12. The normalized spacial score (nSPS) is 10.4. The summed E-state index contributed by atoms with van der Waals surface area (Å²) in [5.74, 6) is 1.27. The van der Waals surface area contributed by atoms with Crippen molar-refractivity contribution < 1.29 is 14.4 Å². The molecule has 1 aromatic carbocycles. The molecule has 0 saturated heterocycles. The number of hydrogen-bond acceptors (Lipinski definition) is 4. The van der Waals surface area contributed by atoms with Crippen LogP contribution in [0, 0.1) is 17.0 Å². The monoisotopic (exact) mass is 223 g/mol. The maximum Gasteiger partial charge on any atom is 0.235 e. The fraction of sp³-hybridized carbons (Fsp3) is 0.273. The van der Waals surface area contributed by atoms with Gasteiger partial charge in [0.15, 0.2) is 0 Å². The molecular formula is C11H13NO4. The van der Waals surface area contributed by atoms with E-state index in [0.717, 1.165) is 11.8 Å². The molecule has 0 radical (unpaired) electrons. The minimum absolute atomic E-state index is 0.515. The number of ether oxygens (including phenoxy) is 2. The van der Waals surface area contributed by atoms with E-state index in [9.17, 15) is 10.1 Å². The zero-order valence-corrected chi connectivity index (χ0v) is 9.39. The van der Waals surface area contributed by atoms with Gasteiger partial charge in [-0.25, -0.2) is 0 Å². The summed E-state index contributed by atoms with van der Waals surface area (Å²) in [6.07, 6.45) is 2.27. The van der Waals surface area contributed by atoms with Crippen molar-refractivity contribution in [1.29, 1.82) is 0 Å². The topological polar surface area (TPSA) is 61.6 Å². The molecular weight excluding hydrogens is 210 g/mol. The molecule has 0 unspecified atom stereocenters. The molecule has 0 aliphatic carbocycles. The Morgan fingerprint density at radius 3 is 2.50 bits per heavy atom. The fourth-order valence-electron chi connectivity index (χ4n) is 1.46. The number of methoxy groups -OCH3 is 2. The molecule has 0 fully saturated rings. The van der Waals surface area contributed by atoms with E-state index in [0.29, 0.717) is 17.1 Å². The average molecular weight is 223 g/mol. The van der Waals surface area contributed by atoms with Crippen LogP contribution in [0.4, 0.5) is 0 Å². The first-order chi connectivity index (χ1) is 7.60. The Kier molecular flexibility index (Phi) is 3.88. The molecule has 16 heavy (non-hydrogen) atoms. The van der Waals surface area contributed by atoms with E-state index < -0.39 is 4.92 Å². The van der Waals surface area contributed by atoms with Gasteiger partial charge in [0.1, 0.15) is 11.5 Å². The molecule has 0 bridgehead atoms. The summed E-state index contributed by atoms with van der Waals surface area (Å²) >= 11 is 0. The Hall–Kier alpha value is -2.04. The second kappa shape index (κ2) is 5.16. The van der Waals surface area contributed by atoms with Crippen LogP contribution in [0.1, 0.15) is 11.1 Å². The SMILES string of the molecule is COc1ccc(/C=C/[N+](=O)[O-])c(OC)c1C. The van der Waals surface area contributed by atoms with E-state index in [1.165, 1.54) is 13.2 Å². The van der Waals surface area contributed by atoms with Crippen molar-refractivity contribution in [2.75, 3.05) is 14.2 Å². The number of rotatable bonds is 4. The molecule has 0 spiro atoms. The van der Waals surface area contributed by atoms with Gasteiger partial charge < -0.3 is 9.47 Å². The molecule has 1 aromatic rings. The lowest BCUT2D eigenvalue weighted by atomic mass is 10.1. The van der Waals surface area contributed by atoms with Crippen molar-refractivity contribution in [2.45, 2.75) is 6.92 Å². The van der Waals surface area contributed by atoms with E-state index in [-0.39, 0.29) is 0 Å². The van der Waals surface area contributed by atoms with Gasteiger partial charge >= 0.3 is 0 Å². The van der Waals surface area contributed by atoms with E-state index in [1.807, 2.05) is 6.92 Å². The highest BCUT2D eigenvalue weighted by atomic mass is 16.6. The second-order valence-corrected chi connectivity index (χ2v) is 3.12. The van der Waals surface area contributed by atoms with Crippen LogP contribution in [-0.2, 0) is 0 Å². The molecule has 0 atom stereocenters. The summed E-state index contributed by atoms with van der Waals surface area (Å²) in [5.41, 5.74) is 1.47. The van der Waals surface area contributed by atoms with Crippen LogP contribution >= 0.6 is 0 Å². The van der Waals surface area contributed by atoms with Gasteiger partial charge in [-0.05, 0) is 19.1 Å². The molecule has 0 N–H and O–H groups in total. The third kappa shape index (κ3) is 2.50. The first kappa shape index (κ1) is 12.0. The molecule has 0 saturated carbocycles. The van der Waals surface area contributed by atoms with Gasteiger partial charge in [-0.3, -0.25) is 10.1 Å². The van der Waals surface area contributed by atoms with Gasteiger partial charge in [0.05, 0.1) is 19.1 Å². The number of hydrogen-bond donors (Lipinski definition) is 0. The first-order valence-corrected chi connectivity index (χ1v) is 4.63. The smallest absolute Gasteiger partial charge is 0.235 e. The quantitative estimate of drug-likeness (QED) is 0.580. The van der Waals surface area contributed by atoms with Crippen LogP contribution in [0.15, 0.2) is 18.3 Å². The summed E-state index contributed by atoms with van der Waals surface area (Å²) in [5, 5.41) is 10.2. The van der Waals surface area contributed by atoms with Gasteiger partial charge in [0, 0.05) is 17.2 Å². The Morgan fingerprint density at radius 2 is 2.00 bits per heavy atom. The van der Waals surface area contributed by atoms with Gasteiger partial charge in [0.25, 0.3) is 0 Å². The average Bonchev–Trinajstić information content (AvgIpc) is 2.26. The third-order valence-electron chi connectivity index (χ3n) is 2.19. The van der Waals surface area contributed by atoms with E-state index >= 15 is 0 Å². The highest BCUT2D eigenvalue weighted by Crippen LogP contribution is 2.31. The van der Waals surface area contributed by atoms with Crippen LogP contribution < -0.4 is 9.47 Å². The number of nitrogens with zero attached hydrogens (tertiary/aromatic N) is 1. The van der Waals surface area contributed by atoms with Gasteiger partial charge in [-0.15, -0.1) is 0 Å². The molecule has 0 heterocycles. The Bertz CT molecular complexity index is 426. The minimum Gasteiger partial charge on any atom is -0.496 e. The summed E-state index contributed by atoms with van der Waals surface area (Å²) in [7, 11) is 3.08. The molecule has 5 heteroatoms. The van der Waals surface area contributed by atoms with Gasteiger partial charge in [-0.1, -0.05) is 0 Å². The summed E-state index contributed by atoms with van der Waals surface area (Å²) in [6, 6.07) is 3.46. The molecule has 0 aromatic heterocycles. The Labute approximate surface area is 93.4 Å². The zero-order valence-electron chi connectivity index (χ0n) is 9.39. The number of nitro groups is 1.